The van der Waals surface area contributed by atoms with Crippen molar-refractivity contribution in [3.63, 3.8) is 0 Å². The number of rotatable bonds is 23. The van der Waals surface area contributed by atoms with Crippen molar-refractivity contribution < 1.29 is 29.9 Å². The van der Waals surface area contributed by atoms with E-state index in [-0.39, 0.29) is 30.7 Å². The van der Waals surface area contributed by atoms with Crippen molar-refractivity contribution in [2.24, 2.45) is 17.8 Å². The smallest absolute Gasteiger partial charge is 0.337 e. The van der Waals surface area contributed by atoms with Crippen LogP contribution in [-0.2, 0) is 22.4 Å². The van der Waals surface area contributed by atoms with Crippen LogP contribution in [-0.4, -0.2) is 106 Å². The van der Waals surface area contributed by atoms with Crippen molar-refractivity contribution in [3.8, 4) is 12.3 Å². The van der Waals surface area contributed by atoms with Crippen LogP contribution in [0.4, 0.5) is 0 Å². The maximum absolute atomic E-state index is 13.9. The van der Waals surface area contributed by atoms with Crippen LogP contribution in [0.2, 0.25) is 0 Å². The lowest BCUT2D eigenvalue weighted by Gasteiger charge is -2.27. The van der Waals surface area contributed by atoms with E-state index in [1.807, 2.05) is 35.7 Å². The fraction of sp³-hybridized carbons (Fsp3) is 0.650. The zero-order valence-electron chi connectivity index (χ0n) is 31.0. The molecule has 0 saturated heterocycles. The summed E-state index contributed by atoms with van der Waals surface area (Å²) in [6.45, 7) is 7.47. The fourth-order valence-corrected chi connectivity index (χ4v) is 7.50. The molecule has 0 bridgehead atoms. The van der Waals surface area contributed by atoms with Crippen LogP contribution < -0.4 is 10.3 Å². The summed E-state index contributed by atoms with van der Waals surface area (Å²) in [7, 11) is 1.79. The summed E-state index contributed by atoms with van der Waals surface area (Å²) >= 11 is 1.46. The van der Waals surface area contributed by atoms with Crippen LogP contribution in [0.15, 0.2) is 41.2 Å². The molecule has 2 unspecified atom stereocenters. The lowest BCUT2D eigenvalue weighted by molar-refractivity contribution is -0.532. The Kier molecular flexibility index (Phi) is 19.2. The zero-order chi connectivity index (χ0) is 37.0. The minimum absolute atomic E-state index is 0.0629. The van der Waals surface area contributed by atoms with E-state index in [1.54, 1.807) is 17.5 Å². The first-order valence-electron chi connectivity index (χ1n) is 18.9. The van der Waals surface area contributed by atoms with Crippen LogP contribution in [0, 0.1) is 30.1 Å². The van der Waals surface area contributed by atoms with Gasteiger partial charge >= 0.3 is 5.90 Å². The van der Waals surface area contributed by atoms with Crippen molar-refractivity contribution in [3.05, 3.63) is 52.5 Å². The predicted molar refractivity (Wildman–Crippen MR) is 204 cm³/mol. The molecule has 5 atom stereocenters. The van der Waals surface area contributed by atoms with E-state index in [0.717, 1.165) is 56.6 Å². The van der Waals surface area contributed by atoms with Gasteiger partial charge in [0.15, 0.2) is 6.04 Å². The monoisotopic (exact) mass is 724 g/mol. The largest absolute Gasteiger partial charge is 0.463 e. The molecule has 1 aromatic carbocycles. The molecule has 0 aliphatic heterocycles. The molecule has 1 aliphatic rings. The Labute approximate surface area is 309 Å². The van der Waals surface area contributed by atoms with E-state index < -0.39 is 30.1 Å². The third-order valence-corrected chi connectivity index (χ3v) is 10.9. The van der Waals surface area contributed by atoms with Gasteiger partial charge in [-0.15, -0.1) is 23.7 Å². The molecule has 3 rings (SSSR count). The van der Waals surface area contributed by atoms with E-state index in [1.165, 1.54) is 17.8 Å². The number of thiazole rings is 1. The molecule has 1 aromatic heterocycles. The van der Waals surface area contributed by atoms with Crippen LogP contribution in [0.25, 0.3) is 0 Å². The summed E-state index contributed by atoms with van der Waals surface area (Å²) in [6, 6.07) is 9.11. The second kappa shape index (κ2) is 23.3. The van der Waals surface area contributed by atoms with Gasteiger partial charge in [-0.3, -0.25) is 9.59 Å². The first kappa shape index (κ1) is 42.1. The van der Waals surface area contributed by atoms with Crippen LogP contribution >= 0.6 is 11.3 Å². The number of aliphatic hydroxyl groups excluding tert-OH is 3. The minimum atomic E-state index is -1.11. The number of carbonyl (C=O) groups is 2. The molecule has 5 N–H and O–H groups in total. The Morgan fingerprint density at radius 3 is 2.45 bits per heavy atom. The number of terminal acetylenes is 1. The van der Waals surface area contributed by atoms with Crippen molar-refractivity contribution >= 4 is 29.0 Å². The zero-order valence-corrected chi connectivity index (χ0v) is 31.8. The predicted octanol–water partition coefficient (Wildman–Crippen LogP) is 3.37. The number of benzene rings is 1. The maximum Gasteiger partial charge on any atom is 0.337 e. The molecule has 1 saturated carbocycles. The van der Waals surface area contributed by atoms with Gasteiger partial charge in [0.2, 0.25) is 11.8 Å². The number of aliphatic hydroxyl groups is 3. The third kappa shape index (κ3) is 15.1. The quantitative estimate of drug-likeness (QED) is 0.0513. The second-order valence-electron chi connectivity index (χ2n) is 14.1. The van der Waals surface area contributed by atoms with Crippen LogP contribution in [0.1, 0.15) is 89.3 Å². The standard InChI is InChI=1S/C40H61N5O5S/c1-5-8-11-20-36(46)38(48)35(24-31-18-14-10-15-19-31)43-40(50)33(25-34-28-51-29-42-34)27-41-39(49)32(23-30-16-12-9-13-17-30)26-37(47)44(4)21-22-45(6-2)7-3/h1,9,12-13,16-17,28-29,31-33,35-36,38,46,48H,6-8,10-11,14-15,18-27H2,2-4H3,(H,41,49)(H,43,50)/p+1/t32?,33-,35?,36+,38-/m1/s1. The van der Waals surface area contributed by atoms with Gasteiger partial charge in [-0.1, -0.05) is 76.3 Å². The van der Waals surface area contributed by atoms with E-state index in [4.69, 9.17) is 6.42 Å². The maximum atomic E-state index is 13.9. The SMILES string of the molecule is C#CCCC[C@H](O)[C@H](O)C(CC1CCCCC1)[NH+]=C(O)[C@@H](CNC(=O)C(CC(=O)N(C)CCN(CC)CC)Cc1ccccc1)Cc1cscn1. The molecule has 282 valence electrons. The summed E-state index contributed by atoms with van der Waals surface area (Å²) in [5, 5.41) is 38.9. The van der Waals surface area contributed by atoms with Crippen molar-refractivity contribution in [1.29, 1.82) is 0 Å². The topological polar surface area (TPSA) is 140 Å². The molecule has 1 fully saturated rings. The van der Waals surface area contributed by atoms with E-state index in [2.05, 4.69) is 40.0 Å². The number of aromatic nitrogens is 1. The first-order chi connectivity index (χ1) is 24.6. The number of likely N-dealkylation sites (N-methyl/N-ethyl adjacent to an activating group) is 2. The number of nitrogens with zero attached hydrogens (tertiary/aromatic N) is 3. The first-order valence-corrected chi connectivity index (χ1v) is 19.9. The molecule has 1 aliphatic carbocycles. The normalized spacial score (nSPS) is 16.9. The van der Waals surface area contributed by atoms with E-state index in [9.17, 15) is 24.9 Å². The molecule has 10 nitrogen and oxygen atoms in total. The summed E-state index contributed by atoms with van der Waals surface area (Å²) in [5.41, 5.74) is 3.47. The fourth-order valence-electron chi connectivity index (χ4n) is 6.93. The molecular weight excluding hydrogens is 663 g/mol. The molecule has 0 spiro atoms. The van der Waals surface area contributed by atoms with Gasteiger partial charge in [-0.05, 0) is 43.8 Å². The van der Waals surface area contributed by atoms with Gasteiger partial charge in [0.1, 0.15) is 12.0 Å². The average Bonchev–Trinajstić information content (AvgIpc) is 3.66. The molecule has 11 heteroatoms. The van der Waals surface area contributed by atoms with Gasteiger partial charge in [0, 0.05) is 57.7 Å². The number of carbonyl (C=O) groups excluding carboxylic acids is 2. The highest BCUT2D eigenvalue weighted by Crippen LogP contribution is 2.28. The number of nitrogens with one attached hydrogen (secondary N) is 2. The Morgan fingerprint density at radius 1 is 1.08 bits per heavy atom. The molecule has 0 radical (unpaired) electrons. The van der Waals surface area contributed by atoms with Gasteiger partial charge in [0.05, 0.1) is 23.2 Å². The van der Waals surface area contributed by atoms with E-state index in [0.29, 0.717) is 51.0 Å². The lowest BCUT2D eigenvalue weighted by Crippen LogP contribution is -2.85. The number of hydrogen-bond donors (Lipinski definition) is 5. The van der Waals surface area contributed by atoms with Gasteiger partial charge < -0.3 is 30.4 Å². The molecule has 2 aromatic rings. The highest BCUT2D eigenvalue weighted by atomic mass is 32.1. The molecular formula is C40H62N5O5S+. The minimum Gasteiger partial charge on any atom is -0.463 e. The highest BCUT2D eigenvalue weighted by molar-refractivity contribution is 7.07. The highest BCUT2D eigenvalue weighted by Gasteiger charge is 2.35. The molecule has 2 amide bonds. The lowest BCUT2D eigenvalue weighted by atomic mass is 9.83. The Balaban J connectivity index is 1.80. The average molecular weight is 725 g/mol. The summed E-state index contributed by atoms with van der Waals surface area (Å²) in [4.78, 5) is 38.9. The van der Waals surface area contributed by atoms with Crippen molar-refractivity contribution in [2.75, 3.05) is 39.8 Å². The van der Waals surface area contributed by atoms with Crippen LogP contribution in [0.5, 0.6) is 0 Å². The van der Waals surface area contributed by atoms with Crippen molar-refractivity contribution in [2.45, 2.75) is 109 Å². The number of hydrogen-bond acceptors (Lipinski definition) is 7. The third-order valence-electron chi connectivity index (χ3n) is 10.3. The van der Waals surface area contributed by atoms with E-state index >= 15 is 0 Å². The Hall–Kier alpha value is -3.30. The van der Waals surface area contributed by atoms with Gasteiger partial charge in [0.25, 0.3) is 0 Å². The Morgan fingerprint density at radius 2 is 1.80 bits per heavy atom. The van der Waals surface area contributed by atoms with Crippen molar-refractivity contribution in [1.82, 2.24) is 20.1 Å². The second-order valence-corrected chi connectivity index (χ2v) is 14.8. The molecule has 1 heterocycles. The summed E-state index contributed by atoms with van der Waals surface area (Å²) < 4.78 is 0. The molecule has 51 heavy (non-hydrogen) atoms. The Bertz CT molecular complexity index is 1340. The van der Waals surface area contributed by atoms with Gasteiger partial charge in [-0.2, -0.15) is 0 Å². The van der Waals surface area contributed by atoms with Crippen LogP contribution in [0.3, 0.4) is 0 Å². The summed E-state index contributed by atoms with van der Waals surface area (Å²) in [6.07, 6.45) is 11.7. The summed E-state index contributed by atoms with van der Waals surface area (Å²) in [5.74, 6) is 1.36. The number of unbranched alkanes of at least 4 members (excludes halogenated alkanes) is 1. The number of amides is 2. The van der Waals surface area contributed by atoms with Gasteiger partial charge in [-0.25, -0.2) is 9.98 Å².